The van der Waals surface area contributed by atoms with E-state index in [4.69, 9.17) is 28.9 Å². The standard InChI is InChI=1S/C11H14Cl2FN3O/c1-6(16-2-3-17-11(15)18)7-4-10(14)9(13)5-8(7)12/h4-6,16H,2-3H2,1H3,(H3,15,17,18). The third-order valence-corrected chi connectivity index (χ3v) is 3.00. The molecular formula is C11H14Cl2FN3O. The fourth-order valence-electron chi connectivity index (χ4n) is 1.45. The Morgan fingerprint density at radius 1 is 1.39 bits per heavy atom. The molecule has 1 aromatic carbocycles. The molecule has 1 aromatic rings. The van der Waals surface area contributed by atoms with Crippen LogP contribution in [0, 0.1) is 5.82 Å². The first-order chi connectivity index (χ1) is 8.41. The van der Waals surface area contributed by atoms with E-state index >= 15 is 0 Å². The van der Waals surface area contributed by atoms with Crippen LogP contribution in [0.25, 0.3) is 0 Å². The van der Waals surface area contributed by atoms with E-state index in [1.165, 1.54) is 12.1 Å². The van der Waals surface area contributed by atoms with Crippen molar-refractivity contribution in [1.82, 2.24) is 10.6 Å². The molecule has 1 atom stereocenters. The monoisotopic (exact) mass is 293 g/mol. The minimum Gasteiger partial charge on any atom is -0.352 e. The van der Waals surface area contributed by atoms with Gasteiger partial charge in [-0.1, -0.05) is 23.2 Å². The quantitative estimate of drug-likeness (QED) is 0.577. The van der Waals surface area contributed by atoms with Crippen LogP contribution in [0.15, 0.2) is 12.1 Å². The van der Waals surface area contributed by atoms with E-state index in [1.807, 2.05) is 6.92 Å². The number of carbonyl (C=O) groups is 1. The van der Waals surface area contributed by atoms with Crippen LogP contribution < -0.4 is 16.4 Å². The summed E-state index contributed by atoms with van der Waals surface area (Å²) < 4.78 is 13.3. The van der Waals surface area contributed by atoms with Crippen LogP contribution in [0.4, 0.5) is 9.18 Å². The van der Waals surface area contributed by atoms with Gasteiger partial charge in [0.15, 0.2) is 0 Å². The van der Waals surface area contributed by atoms with Gasteiger partial charge >= 0.3 is 6.03 Å². The van der Waals surface area contributed by atoms with E-state index in [2.05, 4.69) is 10.6 Å². The second-order valence-electron chi connectivity index (χ2n) is 3.75. The molecule has 0 spiro atoms. The zero-order chi connectivity index (χ0) is 13.7. The normalized spacial score (nSPS) is 12.2. The highest BCUT2D eigenvalue weighted by molar-refractivity contribution is 6.35. The number of benzene rings is 1. The van der Waals surface area contributed by atoms with Crippen LogP contribution in [0.3, 0.4) is 0 Å². The molecule has 2 amide bonds. The molecule has 0 aliphatic carbocycles. The van der Waals surface area contributed by atoms with E-state index in [9.17, 15) is 9.18 Å². The highest BCUT2D eigenvalue weighted by atomic mass is 35.5. The van der Waals surface area contributed by atoms with E-state index in [1.54, 1.807) is 0 Å². The number of urea groups is 1. The maximum absolute atomic E-state index is 13.3. The predicted octanol–water partition coefficient (Wildman–Crippen LogP) is 2.45. The summed E-state index contributed by atoms with van der Waals surface area (Å²) in [7, 11) is 0. The highest BCUT2D eigenvalue weighted by Crippen LogP contribution is 2.28. The molecule has 0 fully saturated rings. The molecule has 1 rings (SSSR count). The second-order valence-corrected chi connectivity index (χ2v) is 4.57. The lowest BCUT2D eigenvalue weighted by atomic mass is 10.1. The third kappa shape index (κ3) is 4.33. The van der Waals surface area contributed by atoms with Crippen molar-refractivity contribution >= 4 is 29.2 Å². The van der Waals surface area contributed by atoms with Crippen molar-refractivity contribution in [3.63, 3.8) is 0 Å². The molecule has 0 radical (unpaired) electrons. The minimum absolute atomic E-state index is 0.00801. The third-order valence-electron chi connectivity index (χ3n) is 2.38. The predicted molar refractivity (Wildman–Crippen MR) is 70.4 cm³/mol. The maximum atomic E-state index is 13.3. The summed E-state index contributed by atoms with van der Waals surface area (Å²) in [6.07, 6.45) is 0. The lowest BCUT2D eigenvalue weighted by Gasteiger charge is -2.16. The highest BCUT2D eigenvalue weighted by Gasteiger charge is 2.12. The van der Waals surface area contributed by atoms with Crippen molar-refractivity contribution in [1.29, 1.82) is 0 Å². The summed E-state index contributed by atoms with van der Waals surface area (Å²) in [5.41, 5.74) is 5.53. The van der Waals surface area contributed by atoms with Gasteiger partial charge in [0, 0.05) is 24.2 Å². The van der Waals surface area contributed by atoms with Gasteiger partial charge in [0.25, 0.3) is 0 Å². The number of amides is 2. The number of hydrogen-bond donors (Lipinski definition) is 3. The van der Waals surface area contributed by atoms with Gasteiger partial charge in [-0.3, -0.25) is 0 Å². The van der Waals surface area contributed by atoms with E-state index < -0.39 is 11.8 Å². The zero-order valence-electron chi connectivity index (χ0n) is 9.77. The van der Waals surface area contributed by atoms with Gasteiger partial charge in [0.2, 0.25) is 0 Å². The Morgan fingerprint density at radius 3 is 2.67 bits per heavy atom. The molecule has 0 aliphatic heterocycles. The molecule has 4 N–H and O–H groups in total. The molecule has 0 bridgehead atoms. The molecule has 7 heteroatoms. The average molecular weight is 294 g/mol. The first kappa shape index (κ1) is 15.0. The largest absolute Gasteiger partial charge is 0.352 e. The molecular weight excluding hydrogens is 280 g/mol. The Morgan fingerprint density at radius 2 is 2.06 bits per heavy atom. The molecule has 0 aliphatic rings. The molecule has 0 saturated heterocycles. The van der Waals surface area contributed by atoms with Crippen LogP contribution in [-0.2, 0) is 0 Å². The van der Waals surface area contributed by atoms with Gasteiger partial charge in [-0.2, -0.15) is 0 Å². The van der Waals surface area contributed by atoms with Crippen LogP contribution in [0.5, 0.6) is 0 Å². The number of nitrogens with two attached hydrogens (primary N) is 1. The SMILES string of the molecule is CC(NCCNC(N)=O)c1cc(F)c(Cl)cc1Cl. The summed E-state index contributed by atoms with van der Waals surface area (Å²) in [5.74, 6) is -0.514. The topological polar surface area (TPSA) is 67.2 Å². The first-order valence-corrected chi connectivity index (χ1v) is 6.08. The maximum Gasteiger partial charge on any atom is 0.312 e. The van der Waals surface area contributed by atoms with Crippen molar-refractivity contribution in [2.75, 3.05) is 13.1 Å². The average Bonchev–Trinajstić information content (AvgIpc) is 2.28. The van der Waals surface area contributed by atoms with Crippen LogP contribution in [-0.4, -0.2) is 19.1 Å². The smallest absolute Gasteiger partial charge is 0.312 e. The molecule has 1 unspecified atom stereocenters. The van der Waals surface area contributed by atoms with E-state index in [0.29, 0.717) is 23.7 Å². The number of hydrogen-bond acceptors (Lipinski definition) is 2. The summed E-state index contributed by atoms with van der Waals surface area (Å²) in [4.78, 5) is 10.4. The van der Waals surface area contributed by atoms with E-state index in [0.717, 1.165) is 0 Å². The van der Waals surface area contributed by atoms with Crippen LogP contribution >= 0.6 is 23.2 Å². The lowest BCUT2D eigenvalue weighted by molar-refractivity contribution is 0.249. The molecule has 0 saturated carbocycles. The van der Waals surface area contributed by atoms with Crippen molar-refractivity contribution in [3.05, 3.63) is 33.6 Å². The van der Waals surface area contributed by atoms with Crippen molar-refractivity contribution in [2.24, 2.45) is 5.73 Å². The van der Waals surface area contributed by atoms with Gasteiger partial charge in [-0.05, 0) is 24.6 Å². The summed E-state index contributed by atoms with van der Waals surface area (Å²) in [6, 6.07) is 1.91. The number of primary amides is 1. The van der Waals surface area contributed by atoms with Gasteiger partial charge in [-0.15, -0.1) is 0 Å². The Bertz CT molecular complexity index is 443. The Kier molecular flexibility index (Phi) is 5.65. The van der Waals surface area contributed by atoms with Crippen molar-refractivity contribution in [2.45, 2.75) is 13.0 Å². The Balaban J connectivity index is 2.58. The van der Waals surface area contributed by atoms with Crippen LogP contribution in [0.1, 0.15) is 18.5 Å². The summed E-state index contributed by atoms with van der Waals surface area (Å²) in [6.45, 7) is 2.71. The molecule has 0 heterocycles. The van der Waals surface area contributed by atoms with E-state index in [-0.39, 0.29) is 11.1 Å². The number of halogens is 3. The zero-order valence-corrected chi connectivity index (χ0v) is 11.3. The summed E-state index contributed by atoms with van der Waals surface area (Å²) >= 11 is 11.6. The van der Waals surface area contributed by atoms with Gasteiger partial charge < -0.3 is 16.4 Å². The lowest BCUT2D eigenvalue weighted by Crippen LogP contribution is -2.36. The number of nitrogens with one attached hydrogen (secondary N) is 2. The first-order valence-electron chi connectivity index (χ1n) is 5.33. The van der Waals surface area contributed by atoms with Crippen molar-refractivity contribution in [3.8, 4) is 0 Å². The fourth-order valence-corrected chi connectivity index (χ4v) is 2.00. The Labute approximate surface area is 115 Å². The van der Waals surface area contributed by atoms with Gasteiger partial charge in [0.1, 0.15) is 5.82 Å². The van der Waals surface area contributed by atoms with Gasteiger partial charge in [0.05, 0.1) is 5.02 Å². The van der Waals surface area contributed by atoms with Gasteiger partial charge in [-0.25, -0.2) is 9.18 Å². The second kappa shape index (κ2) is 6.78. The molecule has 0 aromatic heterocycles. The molecule has 18 heavy (non-hydrogen) atoms. The number of carbonyl (C=O) groups excluding carboxylic acids is 1. The van der Waals surface area contributed by atoms with Crippen LogP contribution in [0.2, 0.25) is 10.0 Å². The molecule has 100 valence electrons. The Hall–Kier alpha value is -1.04. The van der Waals surface area contributed by atoms with Crippen molar-refractivity contribution < 1.29 is 9.18 Å². The fraction of sp³-hybridized carbons (Fsp3) is 0.364. The molecule has 4 nitrogen and oxygen atoms in total. The number of rotatable bonds is 5. The summed E-state index contributed by atoms with van der Waals surface area (Å²) in [5, 5.41) is 5.90. The minimum atomic E-state index is -0.583.